The van der Waals surface area contributed by atoms with E-state index in [4.69, 9.17) is 10.8 Å². The van der Waals surface area contributed by atoms with E-state index in [1.807, 2.05) is 0 Å². The van der Waals surface area contributed by atoms with E-state index in [2.05, 4.69) is 0 Å². The maximum absolute atomic E-state index is 9.57. The third-order valence-corrected chi connectivity index (χ3v) is 0.390. The average molecular weight is 128 g/mol. The first kappa shape index (κ1) is 10.9. The summed E-state index contributed by atoms with van der Waals surface area (Å²) in [6, 6.07) is -0.731. The molecule has 3 N–H and O–H groups in total. The van der Waals surface area contributed by atoms with Gasteiger partial charge in [-0.1, -0.05) is 0 Å². The summed E-state index contributed by atoms with van der Waals surface area (Å²) in [5.74, 6) is -0.963. The summed E-state index contributed by atoms with van der Waals surface area (Å²) in [7, 11) is 0. The molecule has 0 bridgehead atoms. The van der Waals surface area contributed by atoms with Gasteiger partial charge >= 0.3 is 5.97 Å². The fourth-order valence-electron chi connectivity index (χ4n) is 0. The second kappa shape index (κ2) is 5.21. The molecule has 3 nitrogen and oxygen atoms in total. The van der Waals surface area contributed by atoms with Crippen molar-refractivity contribution in [3.05, 3.63) is 0 Å². The van der Waals surface area contributed by atoms with Crippen molar-refractivity contribution in [1.29, 1.82) is 0 Å². The van der Waals surface area contributed by atoms with Crippen molar-refractivity contribution in [3.8, 4) is 0 Å². The summed E-state index contributed by atoms with van der Waals surface area (Å²) in [5, 5.41) is 7.87. The quantitative estimate of drug-likeness (QED) is 0.447. The molecule has 1 radical (unpaired) electrons. The maximum Gasteiger partial charge on any atom is 0.320 e. The van der Waals surface area contributed by atoms with Gasteiger partial charge < -0.3 is 10.8 Å². The van der Waals surface area contributed by atoms with Crippen molar-refractivity contribution in [3.63, 3.8) is 0 Å². The molecule has 0 amide bonds. The predicted octanol–water partition coefficient (Wildman–Crippen LogP) is -0.963. The Bertz CT molecular complexity index is 64.0. The first-order valence-electron chi connectivity index (χ1n) is 1.63. The number of carboxylic acid groups (broad SMARTS) is 1. The van der Waals surface area contributed by atoms with Crippen LogP contribution in [0.5, 0.6) is 0 Å². The van der Waals surface area contributed by atoms with Crippen molar-refractivity contribution >= 4 is 57.4 Å². The van der Waals surface area contributed by atoms with Gasteiger partial charge in [0, 0.05) is 51.4 Å². The molecule has 0 saturated heterocycles. The predicted molar refractivity (Wildman–Crippen MR) is 27.0 cm³/mol. The number of hydrogen-bond donors (Lipinski definition) is 2. The van der Waals surface area contributed by atoms with E-state index in [9.17, 15) is 4.79 Å². The minimum Gasteiger partial charge on any atom is -0.480 e. The largest absolute Gasteiger partial charge is 0.480 e. The standard InChI is InChI=1S/C3H7NO2.K/c1-2(4)3(5)6;/h2H,4H2,1H3,(H,5,6);/t2-;/m0./s1. The first-order chi connectivity index (χ1) is 2.64. The minimum absolute atomic E-state index is 0. The molecule has 0 rings (SSSR count). The Kier molecular flexibility index (Phi) is 8.14. The van der Waals surface area contributed by atoms with Crippen LogP contribution in [0.3, 0.4) is 0 Å². The molecule has 0 heterocycles. The number of hydrogen-bond acceptors (Lipinski definition) is 2. The van der Waals surface area contributed by atoms with Gasteiger partial charge in [0.2, 0.25) is 0 Å². The topological polar surface area (TPSA) is 63.3 Å². The number of nitrogens with two attached hydrogens (primary N) is 1. The van der Waals surface area contributed by atoms with Crippen LogP contribution in [0.1, 0.15) is 6.92 Å². The second-order valence-electron chi connectivity index (χ2n) is 1.13. The van der Waals surface area contributed by atoms with Crippen molar-refractivity contribution in [2.75, 3.05) is 0 Å². The van der Waals surface area contributed by atoms with Gasteiger partial charge in [-0.2, -0.15) is 0 Å². The molecule has 4 heteroatoms. The molecule has 0 spiro atoms. The third kappa shape index (κ3) is 7.07. The van der Waals surface area contributed by atoms with E-state index in [1.165, 1.54) is 6.92 Å². The fraction of sp³-hybridized carbons (Fsp3) is 0.667. The molecular weight excluding hydrogens is 121 g/mol. The van der Waals surface area contributed by atoms with Gasteiger partial charge in [0.15, 0.2) is 0 Å². The Labute approximate surface area is 84.7 Å². The zero-order valence-corrected chi connectivity index (χ0v) is 7.63. The van der Waals surface area contributed by atoms with Crippen molar-refractivity contribution in [2.45, 2.75) is 13.0 Å². The normalized spacial score (nSPS) is 11.7. The Morgan fingerprint density at radius 2 is 2.00 bits per heavy atom. The van der Waals surface area contributed by atoms with Crippen LogP contribution >= 0.6 is 0 Å². The monoisotopic (exact) mass is 128 g/mol. The smallest absolute Gasteiger partial charge is 0.320 e. The Balaban J connectivity index is 0. The minimum atomic E-state index is -0.963. The molecule has 0 aliphatic rings. The molecular formula is C3H7KNO2. The second-order valence-corrected chi connectivity index (χ2v) is 1.13. The molecule has 0 aromatic heterocycles. The van der Waals surface area contributed by atoms with E-state index in [0.29, 0.717) is 0 Å². The van der Waals surface area contributed by atoms with Crippen LogP contribution in [0.4, 0.5) is 0 Å². The molecule has 37 valence electrons. The number of aliphatic carboxylic acids is 1. The molecule has 0 aliphatic heterocycles. The van der Waals surface area contributed by atoms with Crippen LogP contribution in [-0.2, 0) is 4.79 Å². The van der Waals surface area contributed by atoms with Gasteiger partial charge in [-0.3, -0.25) is 4.79 Å². The molecule has 0 saturated carbocycles. The number of carbonyl (C=O) groups is 1. The summed E-state index contributed by atoms with van der Waals surface area (Å²) >= 11 is 0. The SMILES string of the molecule is C[C@H](N)C(=O)O.[K]. The molecule has 1 atom stereocenters. The van der Waals surface area contributed by atoms with Crippen LogP contribution in [0.2, 0.25) is 0 Å². The van der Waals surface area contributed by atoms with E-state index < -0.39 is 12.0 Å². The first-order valence-corrected chi connectivity index (χ1v) is 1.63. The van der Waals surface area contributed by atoms with E-state index in [1.54, 1.807) is 0 Å². The van der Waals surface area contributed by atoms with Crippen molar-refractivity contribution in [1.82, 2.24) is 0 Å². The van der Waals surface area contributed by atoms with Gasteiger partial charge in [0.05, 0.1) is 0 Å². The van der Waals surface area contributed by atoms with E-state index in [-0.39, 0.29) is 51.4 Å². The number of rotatable bonds is 1. The Hall–Kier alpha value is 1.07. The van der Waals surface area contributed by atoms with E-state index >= 15 is 0 Å². The summed E-state index contributed by atoms with van der Waals surface area (Å²) in [6.45, 7) is 1.42. The van der Waals surface area contributed by atoms with Gasteiger partial charge in [-0.15, -0.1) is 0 Å². The molecule has 7 heavy (non-hydrogen) atoms. The van der Waals surface area contributed by atoms with Crippen molar-refractivity contribution in [2.24, 2.45) is 5.73 Å². The van der Waals surface area contributed by atoms with Gasteiger partial charge in [0.25, 0.3) is 0 Å². The zero-order chi connectivity index (χ0) is 5.15. The van der Waals surface area contributed by atoms with Crippen LogP contribution in [0.25, 0.3) is 0 Å². The van der Waals surface area contributed by atoms with Crippen LogP contribution in [0, 0.1) is 0 Å². The molecule has 0 aromatic carbocycles. The van der Waals surface area contributed by atoms with Crippen molar-refractivity contribution < 1.29 is 9.90 Å². The summed E-state index contributed by atoms with van der Waals surface area (Å²) in [6.07, 6.45) is 0. The van der Waals surface area contributed by atoms with E-state index in [0.717, 1.165) is 0 Å². The van der Waals surface area contributed by atoms with Crippen LogP contribution in [-0.4, -0.2) is 68.5 Å². The summed E-state index contributed by atoms with van der Waals surface area (Å²) < 4.78 is 0. The molecule has 0 unspecified atom stereocenters. The third-order valence-electron chi connectivity index (χ3n) is 0.390. The van der Waals surface area contributed by atoms with Crippen LogP contribution < -0.4 is 5.73 Å². The molecule has 0 aliphatic carbocycles. The van der Waals surface area contributed by atoms with Gasteiger partial charge in [-0.05, 0) is 6.92 Å². The zero-order valence-electron chi connectivity index (χ0n) is 4.51. The molecule has 0 aromatic rings. The number of carboxylic acids is 1. The van der Waals surface area contributed by atoms with Gasteiger partial charge in [0.1, 0.15) is 6.04 Å². The fourth-order valence-corrected chi connectivity index (χ4v) is 0. The summed E-state index contributed by atoms with van der Waals surface area (Å²) in [4.78, 5) is 9.57. The van der Waals surface area contributed by atoms with Gasteiger partial charge in [-0.25, -0.2) is 0 Å². The average Bonchev–Trinajstić information content (AvgIpc) is 1.36. The maximum atomic E-state index is 9.57. The summed E-state index contributed by atoms with van der Waals surface area (Å²) in [5.41, 5.74) is 4.84. The Morgan fingerprint density at radius 3 is 2.00 bits per heavy atom. The van der Waals surface area contributed by atoms with Crippen LogP contribution in [0.15, 0.2) is 0 Å². The molecule has 0 fully saturated rings. The Morgan fingerprint density at radius 1 is 1.86 bits per heavy atom.